The molecule has 0 aliphatic carbocycles. The summed E-state index contributed by atoms with van der Waals surface area (Å²) in [4.78, 5) is 0. The highest BCUT2D eigenvalue weighted by Gasteiger charge is 2.18. The van der Waals surface area contributed by atoms with Gasteiger partial charge in [-0.15, -0.1) is 11.6 Å². The Morgan fingerprint density at radius 1 is 1.00 bits per heavy atom. The number of rotatable bonds is 9. The molecule has 0 aromatic heterocycles. The molecule has 0 saturated carbocycles. The van der Waals surface area contributed by atoms with Gasteiger partial charge in [-0.25, -0.2) is 0 Å². The van der Waals surface area contributed by atoms with Gasteiger partial charge in [-0.3, -0.25) is 0 Å². The van der Waals surface area contributed by atoms with Crippen LogP contribution in [0, 0.1) is 0 Å². The second-order valence-corrected chi connectivity index (χ2v) is 4.83. The first-order valence-electron chi connectivity index (χ1n) is 5.91. The van der Waals surface area contributed by atoms with Gasteiger partial charge < -0.3 is 5.11 Å². The molecule has 0 aromatic carbocycles. The van der Waals surface area contributed by atoms with Crippen molar-refractivity contribution >= 4 is 11.6 Å². The monoisotopic (exact) mass is 220 g/mol. The minimum absolute atomic E-state index is 0.459. The quantitative estimate of drug-likeness (QED) is 0.458. The van der Waals surface area contributed by atoms with Crippen molar-refractivity contribution in [1.82, 2.24) is 0 Å². The van der Waals surface area contributed by atoms with Crippen molar-refractivity contribution in [1.29, 1.82) is 0 Å². The first-order chi connectivity index (χ1) is 6.62. The molecule has 1 unspecified atom stereocenters. The molecule has 14 heavy (non-hydrogen) atoms. The topological polar surface area (TPSA) is 20.2 Å². The Morgan fingerprint density at radius 3 is 2.07 bits per heavy atom. The summed E-state index contributed by atoms with van der Waals surface area (Å²) in [7, 11) is 0. The summed E-state index contributed by atoms with van der Waals surface area (Å²) in [6.07, 6.45) is 8.86. The molecule has 0 saturated heterocycles. The Hall–Kier alpha value is 0.250. The SMILES string of the molecule is CCCCCCC(C)(O)CCCCCl. The molecule has 86 valence electrons. The fourth-order valence-corrected chi connectivity index (χ4v) is 1.85. The third-order valence-corrected chi connectivity index (χ3v) is 2.94. The predicted molar refractivity (Wildman–Crippen MR) is 64.0 cm³/mol. The summed E-state index contributed by atoms with van der Waals surface area (Å²) in [5.74, 6) is 0.714. The van der Waals surface area contributed by atoms with Crippen LogP contribution >= 0.6 is 11.6 Å². The Balaban J connectivity index is 3.40. The molecule has 0 fully saturated rings. The standard InChI is InChI=1S/C12H25ClO/c1-3-4-5-6-9-12(2,14)10-7-8-11-13/h14H,3-11H2,1-2H3. The van der Waals surface area contributed by atoms with E-state index >= 15 is 0 Å². The second-order valence-electron chi connectivity index (χ2n) is 4.45. The van der Waals surface area contributed by atoms with Crippen LogP contribution in [-0.4, -0.2) is 16.6 Å². The Kier molecular flexibility index (Phi) is 8.70. The number of halogens is 1. The van der Waals surface area contributed by atoms with Gasteiger partial charge in [0.25, 0.3) is 0 Å². The molecule has 0 aliphatic rings. The van der Waals surface area contributed by atoms with Gasteiger partial charge in [0.2, 0.25) is 0 Å². The molecule has 0 bridgehead atoms. The van der Waals surface area contributed by atoms with E-state index in [0.29, 0.717) is 5.88 Å². The lowest BCUT2D eigenvalue weighted by atomic mass is 9.92. The normalized spacial score (nSPS) is 15.4. The number of alkyl halides is 1. The number of aliphatic hydroxyl groups is 1. The van der Waals surface area contributed by atoms with Crippen LogP contribution in [0.2, 0.25) is 0 Å². The summed E-state index contributed by atoms with van der Waals surface area (Å²) in [5.41, 5.74) is -0.459. The fourth-order valence-electron chi connectivity index (χ4n) is 1.66. The van der Waals surface area contributed by atoms with E-state index in [9.17, 15) is 5.11 Å². The van der Waals surface area contributed by atoms with Crippen LogP contribution in [0.25, 0.3) is 0 Å². The third-order valence-electron chi connectivity index (χ3n) is 2.67. The van der Waals surface area contributed by atoms with Gasteiger partial charge in [0.1, 0.15) is 0 Å². The predicted octanol–water partition coefficient (Wildman–Crippen LogP) is 4.12. The summed E-state index contributed by atoms with van der Waals surface area (Å²) in [6.45, 7) is 4.16. The maximum atomic E-state index is 10.00. The second kappa shape index (κ2) is 8.55. The van der Waals surface area contributed by atoms with Crippen molar-refractivity contribution in [3.63, 3.8) is 0 Å². The van der Waals surface area contributed by atoms with Crippen LogP contribution in [0.4, 0.5) is 0 Å². The van der Waals surface area contributed by atoms with Crippen molar-refractivity contribution in [2.24, 2.45) is 0 Å². The van der Waals surface area contributed by atoms with Crippen LogP contribution in [0.5, 0.6) is 0 Å². The highest BCUT2D eigenvalue weighted by atomic mass is 35.5. The van der Waals surface area contributed by atoms with Crippen LogP contribution in [-0.2, 0) is 0 Å². The smallest absolute Gasteiger partial charge is 0.0619 e. The third kappa shape index (κ3) is 8.83. The van der Waals surface area contributed by atoms with Crippen LogP contribution in [0.1, 0.15) is 65.2 Å². The zero-order valence-electron chi connectivity index (χ0n) is 9.69. The van der Waals surface area contributed by atoms with Crippen molar-refractivity contribution in [2.75, 3.05) is 5.88 Å². The van der Waals surface area contributed by atoms with E-state index in [-0.39, 0.29) is 0 Å². The summed E-state index contributed by atoms with van der Waals surface area (Å²) in [6, 6.07) is 0. The lowest BCUT2D eigenvalue weighted by Gasteiger charge is -2.22. The molecular weight excluding hydrogens is 196 g/mol. The van der Waals surface area contributed by atoms with Gasteiger partial charge in [-0.1, -0.05) is 32.6 Å². The largest absolute Gasteiger partial charge is 0.390 e. The van der Waals surface area contributed by atoms with Crippen molar-refractivity contribution in [2.45, 2.75) is 70.8 Å². The van der Waals surface area contributed by atoms with Gasteiger partial charge in [0.05, 0.1) is 5.60 Å². The van der Waals surface area contributed by atoms with Crippen molar-refractivity contribution in [3.8, 4) is 0 Å². The Bertz CT molecular complexity index is 123. The van der Waals surface area contributed by atoms with Crippen LogP contribution < -0.4 is 0 Å². The zero-order valence-corrected chi connectivity index (χ0v) is 10.4. The van der Waals surface area contributed by atoms with E-state index in [2.05, 4.69) is 6.92 Å². The Labute approximate surface area is 93.9 Å². The highest BCUT2D eigenvalue weighted by molar-refractivity contribution is 6.17. The van der Waals surface area contributed by atoms with E-state index < -0.39 is 5.60 Å². The molecule has 0 spiro atoms. The average molecular weight is 221 g/mol. The molecule has 0 aromatic rings. The van der Waals surface area contributed by atoms with Crippen LogP contribution in [0.15, 0.2) is 0 Å². The van der Waals surface area contributed by atoms with E-state index in [1.807, 2.05) is 6.92 Å². The van der Waals surface area contributed by atoms with Crippen molar-refractivity contribution in [3.05, 3.63) is 0 Å². The molecular formula is C12H25ClO. The van der Waals surface area contributed by atoms with Gasteiger partial charge in [0, 0.05) is 5.88 Å². The van der Waals surface area contributed by atoms with E-state index in [4.69, 9.17) is 11.6 Å². The van der Waals surface area contributed by atoms with Gasteiger partial charge >= 0.3 is 0 Å². The van der Waals surface area contributed by atoms with E-state index in [1.165, 1.54) is 19.3 Å². The first kappa shape index (κ1) is 14.2. The zero-order chi connectivity index (χ0) is 10.9. The van der Waals surface area contributed by atoms with Crippen LogP contribution in [0.3, 0.4) is 0 Å². The molecule has 0 amide bonds. The number of hydrogen-bond acceptors (Lipinski definition) is 1. The molecule has 1 nitrogen and oxygen atoms in total. The number of hydrogen-bond donors (Lipinski definition) is 1. The minimum atomic E-state index is -0.459. The molecule has 0 aliphatic heterocycles. The summed E-state index contributed by atoms with van der Waals surface area (Å²) >= 11 is 5.59. The highest BCUT2D eigenvalue weighted by Crippen LogP contribution is 2.21. The fraction of sp³-hybridized carbons (Fsp3) is 1.00. The lowest BCUT2D eigenvalue weighted by Crippen LogP contribution is -2.23. The average Bonchev–Trinajstić information content (AvgIpc) is 2.13. The van der Waals surface area contributed by atoms with Gasteiger partial charge in [0.15, 0.2) is 0 Å². The molecule has 0 rings (SSSR count). The first-order valence-corrected chi connectivity index (χ1v) is 6.44. The van der Waals surface area contributed by atoms with Crippen molar-refractivity contribution < 1.29 is 5.11 Å². The summed E-state index contributed by atoms with van der Waals surface area (Å²) in [5, 5.41) is 10.00. The summed E-state index contributed by atoms with van der Waals surface area (Å²) < 4.78 is 0. The van der Waals surface area contributed by atoms with Gasteiger partial charge in [-0.05, 0) is 32.6 Å². The molecule has 1 atom stereocenters. The molecule has 0 heterocycles. The maximum absolute atomic E-state index is 10.00. The Morgan fingerprint density at radius 2 is 1.57 bits per heavy atom. The van der Waals surface area contributed by atoms with E-state index in [0.717, 1.165) is 32.1 Å². The molecule has 2 heteroatoms. The maximum Gasteiger partial charge on any atom is 0.0619 e. The molecule has 1 N–H and O–H groups in total. The lowest BCUT2D eigenvalue weighted by molar-refractivity contribution is 0.0372. The number of unbranched alkanes of at least 4 members (excludes halogenated alkanes) is 4. The van der Waals surface area contributed by atoms with E-state index in [1.54, 1.807) is 0 Å². The van der Waals surface area contributed by atoms with Gasteiger partial charge in [-0.2, -0.15) is 0 Å². The minimum Gasteiger partial charge on any atom is -0.390 e. The molecule has 0 radical (unpaired) electrons.